The molecule has 1 heterocycles. The predicted molar refractivity (Wildman–Crippen MR) is 96.4 cm³/mol. The van der Waals surface area contributed by atoms with Gasteiger partial charge >= 0.3 is 0 Å². The van der Waals surface area contributed by atoms with E-state index < -0.39 is 10.0 Å². The molecule has 1 saturated carbocycles. The first-order valence-electron chi connectivity index (χ1n) is 8.87. The van der Waals surface area contributed by atoms with Crippen LogP contribution in [0.5, 0.6) is 0 Å². The third-order valence-corrected chi connectivity index (χ3v) is 7.47. The van der Waals surface area contributed by atoms with Crippen molar-refractivity contribution in [2.45, 2.75) is 37.1 Å². The molecule has 0 aromatic heterocycles. The van der Waals surface area contributed by atoms with Gasteiger partial charge in [-0.1, -0.05) is 25.0 Å². The molecule has 25 heavy (non-hydrogen) atoms. The van der Waals surface area contributed by atoms with Crippen LogP contribution < -0.4 is 10.6 Å². The maximum absolute atomic E-state index is 12.8. The van der Waals surface area contributed by atoms with Crippen LogP contribution in [-0.4, -0.2) is 45.8 Å². The number of carbonyl (C=O) groups is 1. The number of benzene rings is 1. The van der Waals surface area contributed by atoms with Gasteiger partial charge in [-0.05, 0) is 43.0 Å². The van der Waals surface area contributed by atoms with Crippen molar-refractivity contribution >= 4 is 15.9 Å². The summed E-state index contributed by atoms with van der Waals surface area (Å²) in [4.78, 5) is 13.1. The summed E-state index contributed by atoms with van der Waals surface area (Å²) in [6.45, 7) is 2.13. The predicted octanol–water partition coefficient (Wildman–Crippen LogP) is 1.33. The van der Waals surface area contributed by atoms with E-state index in [0.717, 1.165) is 37.9 Å². The van der Waals surface area contributed by atoms with E-state index in [-0.39, 0.29) is 16.2 Å². The minimum atomic E-state index is -3.42. The highest BCUT2D eigenvalue weighted by molar-refractivity contribution is 7.89. The summed E-state index contributed by atoms with van der Waals surface area (Å²) in [6.07, 6.45) is 4.40. The highest BCUT2D eigenvalue weighted by Crippen LogP contribution is 2.43. The molecule has 1 aliphatic carbocycles. The summed E-state index contributed by atoms with van der Waals surface area (Å²) in [5, 5.41) is 6.46. The highest BCUT2D eigenvalue weighted by Gasteiger charge is 2.49. The number of rotatable bonds is 5. The van der Waals surface area contributed by atoms with Crippen LogP contribution in [0.3, 0.4) is 0 Å². The molecule has 2 aliphatic rings. The topological polar surface area (TPSA) is 78.5 Å². The number of fused-ring (bicyclic) bond motifs is 1. The van der Waals surface area contributed by atoms with E-state index >= 15 is 0 Å². The van der Waals surface area contributed by atoms with Gasteiger partial charge < -0.3 is 10.6 Å². The average Bonchev–Trinajstić information content (AvgIpc) is 3.05. The third kappa shape index (κ3) is 3.45. The molecule has 1 aromatic rings. The molecule has 0 radical (unpaired) electrons. The van der Waals surface area contributed by atoms with Gasteiger partial charge in [0.25, 0.3) is 0 Å². The van der Waals surface area contributed by atoms with Gasteiger partial charge in [-0.25, -0.2) is 12.7 Å². The van der Waals surface area contributed by atoms with Gasteiger partial charge in [0.15, 0.2) is 0 Å². The van der Waals surface area contributed by atoms with Crippen molar-refractivity contribution in [1.82, 2.24) is 14.9 Å². The van der Waals surface area contributed by atoms with Crippen molar-refractivity contribution in [2.75, 3.05) is 27.2 Å². The van der Waals surface area contributed by atoms with Gasteiger partial charge in [-0.15, -0.1) is 0 Å². The molecule has 6 nitrogen and oxygen atoms in total. The van der Waals surface area contributed by atoms with Gasteiger partial charge in [-0.3, -0.25) is 4.79 Å². The van der Waals surface area contributed by atoms with Gasteiger partial charge in [-0.2, -0.15) is 0 Å². The van der Waals surface area contributed by atoms with Crippen LogP contribution in [0.25, 0.3) is 0 Å². The fraction of sp³-hybridized carbons (Fsp3) is 0.611. The van der Waals surface area contributed by atoms with Crippen molar-refractivity contribution in [1.29, 1.82) is 0 Å². The molecule has 0 unspecified atom stereocenters. The maximum Gasteiger partial charge on any atom is 0.242 e. The average molecular weight is 365 g/mol. The van der Waals surface area contributed by atoms with E-state index in [0.29, 0.717) is 12.5 Å². The zero-order valence-electron chi connectivity index (χ0n) is 14.9. The minimum absolute atomic E-state index is 0.132. The molecule has 1 aromatic carbocycles. The molecule has 2 N–H and O–H groups in total. The largest absolute Gasteiger partial charge is 0.351 e. The Morgan fingerprint density at radius 3 is 2.68 bits per heavy atom. The van der Waals surface area contributed by atoms with Crippen LogP contribution in [0, 0.1) is 11.3 Å². The number of nitrogens with zero attached hydrogens (tertiary/aromatic N) is 1. The van der Waals surface area contributed by atoms with Gasteiger partial charge in [0.2, 0.25) is 15.9 Å². The molecule has 3 rings (SSSR count). The smallest absolute Gasteiger partial charge is 0.242 e. The monoisotopic (exact) mass is 365 g/mol. The number of hydrogen-bond acceptors (Lipinski definition) is 4. The van der Waals surface area contributed by atoms with E-state index in [1.54, 1.807) is 24.3 Å². The van der Waals surface area contributed by atoms with Crippen LogP contribution in [0.2, 0.25) is 0 Å². The molecule has 1 aliphatic heterocycles. The van der Waals surface area contributed by atoms with Crippen LogP contribution in [-0.2, 0) is 21.4 Å². The number of nitrogens with one attached hydrogen (secondary N) is 2. The lowest BCUT2D eigenvalue weighted by Crippen LogP contribution is -2.47. The molecule has 0 bridgehead atoms. The lowest BCUT2D eigenvalue weighted by atomic mass is 9.67. The Bertz CT molecular complexity index is 730. The molecule has 7 heteroatoms. The zero-order chi connectivity index (χ0) is 18.1. The Morgan fingerprint density at radius 2 is 2.00 bits per heavy atom. The van der Waals surface area contributed by atoms with E-state index in [4.69, 9.17) is 0 Å². The van der Waals surface area contributed by atoms with Crippen LogP contribution in [0.1, 0.15) is 31.2 Å². The fourth-order valence-corrected chi connectivity index (χ4v) is 4.94. The molecule has 2 fully saturated rings. The normalized spacial score (nSPS) is 26.4. The lowest BCUT2D eigenvalue weighted by molar-refractivity contribution is -0.134. The molecule has 0 spiro atoms. The summed E-state index contributed by atoms with van der Waals surface area (Å²) < 4.78 is 25.4. The maximum atomic E-state index is 12.8. The van der Waals surface area contributed by atoms with E-state index in [9.17, 15) is 13.2 Å². The summed E-state index contributed by atoms with van der Waals surface area (Å²) in [5.74, 6) is 0.570. The lowest BCUT2D eigenvalue weighted by Gasteiger charge is -2.37. The summed E-state index contributed by atoms with van der Waals surface area (Å²) in [5.41, 5.74) is 0.646. The molecule has 2 atom stereocenters. The van der Waals surface area contributed by atoms with Crippen LogP contribution >= 0.6 is 0 Å². The van der Waals surface area contributed by atoms with Crippen molar-refractivity contribution in [3.05, 3.63) is 29.8 Å². The Hall–Kier alpha value is -1.44. The van der Waals surface area contributed by atoms with E-state index in [2.05, 4.69) is 10.6 Å². The molecule has 1 amide bonds. The number of amides is 1. The zero-order valence-corrected chi connectivity index (χ0v) is 15.7. The first-order chi connectivity index (χ1) is 11.9. The molecular weight excluding hydrogens is 338 g/mol. The number of sulfonamides is 1. The molecule has 138 valence electrons. The number of carbonyl (C=O) groups excluding carboxylic acids is 1. The standard InChI is InChI=1S/C18H27N3O3S/c1-21(2)25(23,24)16-8-6-14(7-9-16)11-20-17(22)18-10-4-3-5-15(18)12-19-13-18/h6-9,15,19H,3-5,10-13H2,1-2H3,(H,20,22)/t15-,18+/m0/s1. The van der Waals surface area contributed by atoms with Gasteiger partial charge in [0.1, 0.15) is 0 Å². The Morgan fingerprint density at radius 1 is 1.28 bits per heavy atom. The SMILES string of the molecule is CN(C)S(=O)(=O)c1ccc(CNC(=O)[C@@]23CCCC[C@H]2CNC3)cc1. The van der Waals surface area contributed by atoms with Gasteiger partial charge in [0, 0.05) is 27.2 Å². The number of hydrogen-bond donors (Lipinski definition) is 2. The van der Waals surface area contributed by atoms with Crippen molar-refractivity contribution in [3.63, 3.8) is 0 Å². The summed E-state index contributed by atoms with van der Waals surface area (Å²) in [7, 11) is -0.391. The third-order valence-electron chi connectivity index (χ3n) is 5.65. The Kier molecular flexibility index (Phi) is 5.18. The second-order valence-corrected chi connectivity index (χ2v) is 9.50. The Balaban J connectivity index is 1.65. The minimum Gasteiger partial charge on any atom is -0.351 e. The summed E-state index contributed by atoms with van der Waals surface area (Å²) >= 11 is 0. The summed E-state index contributed by atoms with van der Waals surface area (Å²) in [6, 6.07) is 6.71. The second kappa shape index (κ2) is 7.05. The second-order valence-electron chi connectivity index (χ2n) is 7.34. The van der Waals surface area contributed by atoms with Crippen LogP contribution in [0.4, 0.5) is 0 Å². The van der Waals surface area contributed by atoms with Crippen molar-refractivity contribution in [2.24, 2.45) is 11.3 Å². The first-order valence-corrected chi connectivity index (χ1v) is 10.3. The Labute approximate surface area is 150 Å². The van der Waals surface area contributed by atoms with Crippen molar-refractivity contribution < 1.29 is 13.2 Å². The quantitative estimate of drug-likeness (QED) is 0.825. The molecule has 1 saturated heterocycles. The highest BCUT2D eigenvalue weighted by atomic mass is 32.2. The molecular formula is C18H27N3O3S. The van der Waals surface area contributed by atoms with Crippen LogP contribution in [0.15, 0.2) is 29.2 Å². The van der Waals surface area contributed by atoms with Crippen molar-refractivity contribution in [3.8, 4) is 0 Å². The van der Waals surface area contributed by atoms with Gasteiger partial charge in [0.05, 0.1) is 10.3 Å². The van der Waals surface area contributed by atoms with E-state index in [1.165, 1.54) is 24.8 Å². The first kappa shape index (κ1) is 18.4. The fourth-order valence-electron chi connectivity index (χ4n) is 4.04. The van der Waals surface area contributed by atoms with E-state index in [1.807, 2.05) is 0 Å².